The normalized spacial score (nSPS) is 21.4. The van der Waals surface area contributed by atoms with Gasteiger partial charge >= 0.3 is 6.03 Å². The molecule has 1 aromatic rings. The van der Waals surface area contributed by atoms with Crippen LogP contribution in [0.15, 0.2) is 30.3 Å². The van der Waals surface area contributed by atoms with Crippen molar-refractivity contribution >= 4 is 12.4 Å². The van der Waals surface area contributed by atoms with Crippen LogP contribution in [0.25, 0.3) is 0 Å². The number of hydroxylamine groups is 2. The van der Waals surface area contributed by atoms with Crippen LogP contribution in [0.2, 0.25) is 0 Å². The first kappa shape index (κ1) is 19.6. The van der Waals surface area contributed by atoms with Gasteiger partial charge in [-0.2, -0.15) is 0 Å². The van der Waals surface area contributed by atoms with Crippen molar-refractivity contribution in [3.05, 3.63) is 35.9 Å². The molecule has 1 aliphatic carbocycles. The molecule has 148 valence electrons. The number of carbonyl (C=O) groups excluding carboxylic acids is 2. The summed E-state index contributed by atoms with van der Waals surface area (Å²) in [6.45, 7) is 4.24. The van der Waals surface area contributed by atoms with Gasteiger partial charge in [0.05, 0.1) is 6.54 Å². The number of nitrogens with one attached hydrogen (secondary N) is 2. The molecule has 0 bridgehead atoms. The van der Waals surface area contributed by atoms with E-state index in [0.29, 0.717) is 24.6 Å². The molecule has 1 spiro atoms. The summed E-state index contributed by atoms with van der Waals surface area (Å²) >= 11 is 0. The van der Waals surface area contributed by atoms with Gasteiger partial charge in [-0.15, -0.1) is 0 Å². The van der Waals surface area contributed by atoms with Crippen molar-refractivity contribution in [2.45, 2.75) is 38.3 Å². The minimum atomic E-state index is -0.0431. The van der Waals surface area contributed by atoms with Crippen molar-refractivity contribution < 1.29 is 14.4 Å². The molecule has 0 unspecified atom stereocenters. The average molecular weight is 374 g/mol. The van der Waals surface area contributed by atoms with Crippen LogP contribution in [0.3, 0.4) is 0 Å². The third kappa shape index (κ3) is 5.20. The maximum Gasteiger partial charge on any atom is 0.343 e. The van der Waals surface area contributed by atoms with E-state index < -0.39 is 0 Å². The lowest BCUT2D eigenvalue weighted by Gasteiger charge is -2.54. The number of hydrogen-bond donors (Lipinski definition) is 2. The quantitative estimate of drug-likeness (QED) is 0.770. The second kappa shape index (κ2) is 9.19. The highest BCUT2D eigenvalue weighted by Gasteiger charge is 2.48. The van der Waals surface area contributed by atoms with E-state index in [1.165, 1.54) is 17.9 Å². The summed E-state index contributed by atoms with van der Waals surface area (Å²) in [6.07, 6.45) is 5.19. The third-order valence-corrected chi connectivity index (χ3v) is 5.54. The summed E-state index contributed by atoms with van der Waals surface area (Å²) < 4.78 is 0. The summed E-state index contributed by atoms with van der Waals surface area (Å²) in [4.78, 5) is 29.2. The van der Waals surface area contributed by atoms with Gasteiger partial charge in [0.15, 0.2) is 0 Å². The molecule has 0 radical (unpaired) electrons. The highest BCUT2D eigenvalue weighted by atomic mass is 16.7. The first-order chi connectivity index (χ1) is 13.1. The van der Waals surface area contributed by atoms with Crippen LogP contribution in [0.4, 0.5) is 4.79 Å². The highest BCUT2D eigenvalue weighted by molar-refractivity contribution is 5.73. The van der Waals surface area contributed by atoms with Crippen LogP contribution in [0.5, 0.6) is 0 Å². The number of hydrogen-bond acceptors (Lipinski definition) is 4. The second-order valence-corrected chi connectivity index (χ2v) is 7.77. The second-order valence-electron chi connectivity index (χ2n) is 7.77. The van der Waals surface area contributed by atoms with Crippen molar-refractivity contribution in [1.82, 2.24) is 20.6 Å². The molecular weight excluding hydrogens is 344 g/mol. The molecule has 0 aromatic heterocycles. The smallest absolute Gasteiger partial charge is 0.343 e. The van der Waals surface area contributed by atoms with Crippen LogP contribution in [-0.2, 0) is 16.2 Å². The lowest BCUT2D eigenvalue weighted by atomic mass is 9.62. The van der Waals surface area contributed by atoms with E-state index in [9.17, 15) is 9.59 Å². The minimum absolute atomic E-state index is 0.0431. The van der Waals surface area contributed by atoms with Gasteiger partial charge in [-0.1, -0.05) is 30.3 Å². The van der Waals surface area contributed by atoms with Crippen LogP contribution >= 0.6 is 0 Å². The Balaban J connectivity index is 0.000000177. The monoisotopic (exact) mass is 374 g/mol. The van der Waals surface area contributed by atoms with Crippen LogP contribution in [-0.4, -0.2) is 61.7 Å². The fourth-order valence-electron chi connectivity index (χ4n) is 3.80. The zero-order chi connectivity index (χ0) is 19.1. The number of benzene rings is 1. The number of rotatable bonds is 5. The van der Waals surface area contributed by atoms with E-state index >= 15 is 0 Å². The van der Waals surface area contributed by atoms with E-state index in [2.05, 4.69) is 10.6 Å². The molecular formula is C20H30N4O3. The van der Waals surface area contributed by atoms with E-state index in [4.69, 9.17) is 4.84 Å². The Bertz CT molecular complexity index is 613. The van der Waals surface area contributed by atoms with E-state index in [-0.39, 0.29) is 6.03 Å². The molecule has 7 nitrogen and oxygen atoms in total. The van der Waals surface area contributed by atoms with E-state index in [1.807, 2.05) is 37.4 Å². The average Bonchev–Trinajstić information content (AvgIpc) is 2.78. The molecule has 3 aliphatic rings. The Labute approximate surface area is 161 Å². The SMILES string of the molecule is CN1CCCCN(OCc2ccccc2)C1=O.O=CNC1CC2(CNC2)C1. The standard InChI is InChI=1S/C13H18N2O2.C7H12N2O/c1-14-9-5-6-10-15(13(14)16)17-11-12-7-3-2-4-8-12;10-5-9-6-1-7(2-6)3-8-4-7/h2-4,7-8H,5-6,9-11H2,1H3;5-6,8H,1-4H2,(H,9,10). The van der Waals surface area contributed by atoms with Crippen molar-refractivity contribution in [3.8, 4) is 0 Å². The zero-order valence-corrected chi connectivity index (χ0v) is 16.0. The highest BCUT2D eigenvalue weighted by Crippen LogP contribution is 2.43. The molecule has 1 saturated carbocycles. The Morgan fingerprint density at radius 2 is 1.93 bits per heavy atom. The molecule has 3 amide bonds. The van der Waals surface area contributed by atoms with Gasteiger partial charge in [-0.25, -0.2) is 9.86 Å². The van der Waals surface area contributed by atoms with Gasteiger partial charge in [-0.05, 0) is 36.7 Å². The molecule has 7 heteroatoms. The zero-order valence-electron chi connectivity index (χ0n) is 16.0. The van der Waals surface area contributed by atoms with Crippen molar-refractivity contribution in [1.29, 1.82) is 0 Å². The fourth-order valence-corrected chi connectivity index (χ4v) is 3.80. The first-order valence-corrected chi connectivity index (χ1v) is 9.72. The Hall–Kier alpha value is -2.12. The molecule has 3 fully saturated rings. The van der Waals surface area contributed by atoms with E-state index in [1.54, 1.807) is 4.90 Å². The summed E-state index contributed by atoms with van der Waals surface area (Å²) in [5, 5.41) is 7.52. The van der Waals surface area contributed by atoms with Crippen LogP contribution < -0.4 is 10.6 Å². The summed E-state index contributed by atoms with van der Waals surface area (Å²) in [5.41, 5.74) is 1.66. The maximum atomic E-state index is 11.9. The third-order valence-electron chi connectivity index (χ3n) is 5.54. The Kier molecular flexibility index (Phi) is 6.68. The summed E-state index contributed by atoms with van der Waals surface area (Å²) in [5.74, 6) is 0. The molecule has 27 heavy (non-hydrogen) atoms. The predicted octanol–water partition coefficient (Wildman–Crippen LogP) is 1.75. The lowest BCUT2D eigenvalue weighted by molar-refractivity contribution is -0.131. The van der Waals surface area contributed by atoms with Gasteiger partial charge in [0, 0.05) is 32.7 Å². The fraction of sp³-hybridized carbons (Fsp3) is 0.600. The molecule has 2 heterocycles. The molecule has 2 aliphatic heterocycles. The van der Waals surface area contributed by atoms with E-state index in [0.717, 1.165) is 44.4 Å². The molecule has 4 rings (SSSR count). The molecule has 0 atom stereocenters. The first-order valence-electron chi connectivity index (χ1n) is 9.72. The molecule has 2 N–H and O–H groups in total. The largest absolute Gasteiger partial charge is 0.356 e. The van der Waals surface area contributed by atoms with Crippen LogP contribution in [0.1, 0.15) is 31.2 Å². The number of urea groups is 1. The van der Waals surface area contributed by atoms with Gasteiger partial charge < -0.3 is 15.5 Å². The van der Waals surface area contributed by atoms with Crippen molar-refractivity contribution in [2.24, 2.45) is 5.41 Å². The predicted molar refractivity (Wildman–Crippen MR) is 103 cm³/mol. The van der Waals surface area contributed by atoms with Gasteiger partial charge in [0.2, 0.25) is 6.41 Å². The number of carbonyl (C=O) groups is 2. The summed E-state index contributed by atoms with van der Waals surface area (Å²) in [6, 6.07) is 10.3. The Morgan fingerprint density at radius 3 is 2.56 bits per heavy atom. The topological polar surface area (TPSA) is 73.9 Å². The van der Waals surface area contributed by atoms with Gasteiger partial charge in [-0.3, -0.25) is 9.63 Å². The van der Waals surface area contributed by atoms with Crippen LogP contribution in [0, 0.1) is 5.41 Å². The van der Waals surface area contributed by atoms with Gasteiger partial charge in [0.25, 0.3) is 0 Å². The van der Waals surface area contributed by atoms with Crippen molar-refractivity contribution in [3.63, 3.8) is 0 Å². The Morgan fingerprint density at radius 1 is 1.22 bits per heavy atom. The van der Waals surface area contributed by atoms with Crippen molar-refractivity contribution in [2.75, 3.05) is 33.2 Å². The van der Waals surface area contributed by atoms with Gasteiger partial charge in [0.1, 0.15) is 6.61 Å². The summed E-state index contributed by atoms with van der Waals surface area (Å²) in [7, 11) is 1.81. The number of nitrogens with zero attached hydrogens (tertiary/aromatic N) is 2. The molecule has 1 aromatic carbocycles. The minimum Gasteiger partial charge on any atom is -0.356 e. The lowest BCUT2D eigenvalue weighted by Crippen LogP contribution is -2.64. The number of amides is 3. The molecule has 2 saturated heterocycles. The maximum absolute atomic E-state index is 11.9.